The van der Waals surface area contributed by atoms with Gasteiger partial charge in [0.15, 0.2) is 0 Å². The maximum absolute atomic E-state index is 10.6. The largest absolute Gasteiger partial charge is 0.391 e. The molecule has 0 radical (unpaired) electrons. The molecule has 0 amide bonds. The molecule has 0 aliphatic carbocycles. The predicted octanol–water partition coefficient (Wildman–Crippen LogP) is 0.738. The van der Waals surface area contributed by atoms with Crippen molar-refractivity contribution in [1.29, 1.82) is 0 Å². The van der Waals surface area contributed by atoms with Crippen molar-refractivity contribution in [3.63, 3.8) is 0 Å². The molecule has 0 aliphatic heterocycles. The second-order valence-corrected chi connectivity index (χ2v) is 4.65. The maximum atomic E-state index is 10.6. The van der Waals surface area contributed by atoms with Gasteiger partial charge >= 0.3 is 0 Å². The maximum Gasteiger partial charge on any atom is 0.133 e. The molecular weight excluding hydrogens is 204 g/mol. The third-order valence-electron chi connectivity index (χ3n) is 3.30. The Labute approximate surface area is 99.9 Å². The van der Waals surface area contributed by atoms with Crippen molar-refractivity contribution in [2.75, 3.05) is 27.2 Å². The zero-order valence-electron chi connectivity index (χ0n) is 11.6. The summed E-state index contributed by atoms with van der Waals surface area (Å²) in [6.07, 6.45) is 0.117. The van der Waals surface area contributed by atoms with Crippen LogP contribution in [0.25, 0.3) is 0 Å². The SMILES string of the molecule is CCC(O)C(N(C)C)C(C)(O)N(CC)CC. The summed E-state index contributed by atoms with van der Waals surface area (Å²) < 4.78 is 0. The van der Waals surface area contributed by atoms with Gasteiger partial charge in [0.1, 0.15) is 5.72 Å². The van der Waals surface area contributed by atoms with Gasteiger partial charge in [-0.2, -0.15) is 0 Å². The monoisotopic (exact) mass is 232 g/mol. The summed E-state index contributed by atoms with van der Waals surface area (Å²) in [4.78, 5) is 3.86. The zero-order valence-corrected chi connectivity index (χ0v) is 11.6. The molecule has 0 spiro atoms. The highest BCUT2D eigenvalue weighted by Crippen LogP contribution is 2.23. The average Bonchev–Trinajstić information content (AvgIpc) is 2.17. The van der Waals surface area contributed by atoms with Crippen LogP contribution in [0.3, 0.4) is 0 Å². The quantitative estimate of drug-likeness (QED) is 0.636. The Morgan fingerprint density at radius 1 is 1.12 bits per heavy atom. The van der Waals surface area contributed by atoms with Crippen LogP contribution in [-0.4, -0.2) is 65.1 Å². The van der Waals surface area contributed by atoms with Crippen LogP contribution in [0.1, 0.15) is 34.1 Å². The highest BCUT2D eigenvalue weighted by molar-refractivity contribution is 4.91. The minimum Gasteiger partial charge on any atom is -0.391 e. The molecule has 2 N–H and O–H groups in total. The van der Waals surface area contributed by atoms with E-state index in [1.165, 1.54) is 0 Å². The number of aliphatic hydroxyl groups excluding tert-OH is 1. The van der Waals surface area contributed by atoms with Crippen molar-refractivity contribution in [2.24, 2.45) is 0 Å². The first-order valence-corrected chi connectivity index (χ1v) is 6.14. The van der Waals surface area contributed by atoms with Crippen molar-refractivity contribution < 1.29 is 10.2 Å². The van der Waals surface area contributed by atoms with E-state index >= 15 is 0 Å². The minimum absolute atomic E-state index is 0.280. The molecule has 0 aromatic heterocycles. The highest BCUT2D eigenvalue weighted by Gasteiger charge is 2.41. The van der Waals surface area contributed by atoms with Crippen LogP contribution in [0, 0.1) is 0 Å². The van der Waals surface area contributed by atoms with Crippen molar-refractivity contribution >= 4 is 0 Å². The Morgan fingerprint density at radius 3 is 1.81 bits per heavy atom. The summed E-state index contributed by atoms with van der Waals surface area (Å²) in [5.74, 6) is 0. The Bertz CT molecular complexity index is 191. The number of hydrogen-bond donors (Lipinski definition) is 2. The third-order valence-corrected chi connectivity index (χ3v) is 3.30. The van der Waals surface area contributed by atoms with Crippen molar-refractivity contribution in [2.45, 2.75) is 52.0 Å². The van der Waals surface area contributed by atoms with E-state index in [-0.39, 0.29) is 6.04 Å². The molecule has 98 valence electrons. The lowest BCUT2D eigenvalue weighted by molar-refractivity contribution is -0.164. The highest BCUT2D eigenvalue weighted by atomic mass is 16.3. The summed E-state index contributed by atoms with van der Waals surface area (Å²) in [7, 11) is 3.78. The van der Waals surface area contributed by atoms with E-state index in [1.54, 1.807) is 6.92 Å². The minimum atomic E-state index is -1.01. The molecule has 0 aliphatic rings. The smallest absolute Gasteiger partial charge is 0.133 e. The number of nitrogens with zero attached hydrogens (tertiary/aromatic N) is 2. The van der Waals surface area contributed by atoms with Crippen LogP contribution >= 0.6 is 0 Å². The van der Waals surface area contributed by atoms with Crippen LogP contribution in [0.15, 0.2) is 0 Å². The lowest BCUT2D eigenvalue weighted by atomic mass is 9.95. The Morgan fingerprint density at radius 2 is 1.56 bits per heavy atom. The summed E-state index contributed by atoms with van der Waals surface area (Å²) in [5, 5.41) is 20.7. The fourth-order valence-corrected chi connectivity index (χ4v) is 2.47. The van der Waals surface area contributed by atoms with E-state index in [1.807, 2.05) is 44.7 Å². The van der Waals surface area contributed by atoms with Gasteiger partial charge in [-0.25, -0.2) is 0 Å². The molecule has 0 aromatic rings. The van der Waals surface area contributed by atoms with Crippen LogP contribution < -0.4 is 0 Å². The lowest BCUT2D eigenvalue weighted by Gasteiger charge is -2.46. The summed E-state index contributed by atoms with van der Waals surface area (Å²) in [6, 6.07) is -0.280. The van der Waals surface area contributed by atoms with Gasteiger partial charge in [-0.05, 0) is 40.5 Å². The number of hydrogen-bond acceptors (Lipinski definition) is 4. The summed E-state index contributed by atoms with van der Waals surface area (Å²) in [6.45, 7) is 9.28. The van der Waals surface area contributed by atoms with Gasteiger partial charge in [-0.1, -0.05) is 20.8 Å². The van der Waals surface area contributed by atoms with E-state index in [0.717, 1.165) is 13.1 Å². The van der Waals surface area contributed by atoms with Gasteiger partial charge in [-0.3, -0.25) is 4.90 Å². The van der Waals surface area contributed by atoms with Crippen LogP contribution in [0.5, 0.6) is 0 Å². The molecule has 0 aromatic carbocycles. The zero-order chi connectivity index (χ0) is 12.9. The van der Waals surface area contributed by atoms with Crippen molar-refractivity contribution in [1.82, 2.24) is 9.80 Å². The molecule has 3 atom stereocenters. The van der Waals surface area contributed by atoms with E-state index in [0.29, 0.717) is 6.42 Å². The van der Waals surface area contributed by atoms with Crippen LogP contribution in [-0.2, 0) is 0 Å². The topological polar surface area (TPSA) is 46.9 Å². The lowest BCUT2D eigenvalue weighted by Crippen LogP contribution is -2.63. The molecule has 0 rings (SSSR count). The molecule has 0 saturated heterocycles. The third kappa shape index (κ3) is 3.42. The first kappa shape index (κ1) is 15.8. The van der Waals surface area contributed by atoms with E-state index in [4.69, 9.17) is 0 Å². The molecule has 16 heavy (non-hydrogen) atoms. The van der Waals surface area contributed by atoms with E-state index < -0.39 is 11.8 Å². The Hall–Kier alpha value is -0.160. The molecular formula is C12H28N2O2. The van der Waals surface area contributed by atoms with Gasteiger partial charge in [0.2, 0.25) is 0 Å². The van der Waals surface area contributed by atoms with Crippen LogP contribution in [0.2, 0.25) is 0 Å². The van der Waals surface area contributed by atoms with Crippen LogP contribution in [0.4, 0.5) is 0 Å². The van der Waals surface area contributed by atoms with Crippen molar-refractivity contribution in [3.8, 4) is 0 Å². The molecule has 4 heteroatoms. The second-order valence-electron chi connectivity index (χ2n) is 4.65. The number of rotatable bonds is 7. The number of likely N-dealkylation sites (N-methyl/N-ethyl adjacent to an activating group) is 2. The molecule has 3 unspecified atom stereocenters. The Kier molecular flexibility index (Phi) is 6.48. The average molecular weight is 232 g/mol. The predicted molar refractivity (Wildman–Crippen MR) is 67.3 cm³/mol. The first-order chi connectivity index (χ1) is 7.32. The summed E-state index contributed by atoms with van der Waals surface area (Å²) in [5.41, 5.74) is -1.01. The summed E-state index contributed by atoms with van der Waals surface area (Å²) >= 11 is 0. The Balaban J connectivity index is 5.01. The van der Waals surface area contributed by atoms with Gasteiger partial charge in [0, 0.05) is 0 Å². The molecule has 0 heterocycles. The van der Waals surface area contributed by atoms with E-state index in [9.17, 15) is 10.2 Å². The van der Waals surface area contributed by atoms with Gasteiger partial charge in [-0.15, -0.1) is 0 Å². The molecule has 0 bridgehead atoms. The van der Waals surface area contributed by atoms with Gasteiger partial charge in [0.05, 0.1) is 12.1 Å². The normalized spacial score (nSPS) is 19.9. The molecule has 0 saturated carbocycles. The fourth-order valence-electron chi connectivity index (χ4n) is 2.47. The fraction of sp³-hybridized carbons (Fsp3) is 1.00. The number of aliphatic hydroxyl groups is 2. The van der Waals surface area contributed by atoms with Gasteiger partial charge in [0.25, 0.3) is 0 Å². The van der Waals surface area contributed by atoms with Crippen molar-refractivity contribution in [3.05, 3.63) is 0 Å². The second kappa shape index (κ2) is 6.55. The molecule has 4 nitrogen and oxygen atoms in total. The molecule has 0 fully saturated rings. The first-order valence-electron chi connectivity index (χ1n) is 6.14. The van der Waals surface area contributed by atoms with Gasteiger partial charge < -0.3 is 15.1 Å². The van der Waals surface area contributed by atoms with E-state index in [2.05, 4.69) is 0 Å². The standard InChI is InChI=1S/C12H28N2O2/c1-7-10(15)11(13(5)6)12(4,16)14(8-2)9-3/h10-11,15-16H,7-9H2,1-6H3.